The fraction of sp³-hybridized carbons (Fsp3) is 0.571. The van der Waals surface area contributed by atoms with Gasteiger partial charge < -0.3 is 14.8 Å². The summed E-state index contributed by atoms with van der Waals surface area (Å²) in [7, 11) is 1.72. The zero-order valence-electron chi connectivity index (χ0n) is 11.3. The van der Waals surface area contributed by atoms with Crippen LogP contribution < -0.4 is 10.1 Å². The highest BCUT2D eigenvalue weighted by molar-refractivity contribution is 9.10. The average molecular weight is 316 g/mol. The summed E-state index contributed by atoms with van der Waals surface area (Å²) in [4.78, 5) is 0. The van der Waals surface area contributed by atoms with Gasteiger partial charge in [0, 0.05) is 29.7 Å². The SMILES string of the molecule is CCCOc1ccc(Br)cc1CNC(C)COC. The standard InChI is InChI=1S/C14H22BrNO2/c1-4-7-18-14-6-5-13(15)8-12(14)9-16-11(2)10-17-3/h5-6,8,11,16H,4,7,9-10H2,1-3H3. The molecular formula is C14H22BrNO2. The molecule has 1 unspecified atom stereocenters. The molecule has 0 heterocycles. The summed E-state index contributed by atoms with van der Waals surface area (Å²) < 4.78 is 11.9. The quantitative estimate of drug-likeness (QED) is 0.798. The van der Waals surface area contributed by atoms with E-state index in [1.165, 1.54) is 5.56 Å². The van der Waals surface area contributed by atoms with Gasteiger partial charge >= 0.3 is 0 Å². The van der Waals surface area contributed by atoms with E-state index < -0.39 is 0 Å². The van der Waals surface area contributed by atoms with Crippen molar-refractivity contribution in [3.63, 3.8) is 0 Å². The number of rotatable bonds is 8. The molecule has 4 heteroatoms. The van der Waals surface area contributed by atoms with Gasteiger partial charge in [0.15, 0.2) is 0 Å². The van der Waals surface area contributed by atoms with E-state index in [1.807, 2.05) is 12.1 Å². The molecule has 1 atom stereocenters. The number of halogens is 1. The van der Waals surface area contributed by atoms with Gasteiger partial charge in [0.2, 0.25) is 0 Å². The van der Waals surface area contributed by atoms with Crippen LogP contribution >= 0.6 is 15.9 Å². The van der Waals surface area contributed by atoms with Crippen LogP contribution in [0.25, 0.3) is 0 Å². The van der Waals surface area contributed by atoms with Gasteiger partial charge in [0.05, 0.1) is 13.2 Å². The Kier molecular flexibility index (Phi) is 7.32. The Morgan fingerprint density at radius 1 is 1.39 bits per heavy atom. The van der Waals surface area contributed by atoms with E-state index in [0.29, 0.717) is 12.6 Å². The molecule has 0 radical (unpaired) electrons. The second kappa shape index (κ2) is 8.51. The Bertz CT molecular complexity index is 358. The van der Waals surface area contributed by atoms with Crippen molar-refractivity contribution in [3.8, 4) is 5.75 Å². The lowest BCUT2D eigenvalue weighted by molar-refractivity contribution is 0.171. The van der Waals surface area contributed by atoms with Crippen molar-refractivity contribution in [2.75, 3.05) is 20.3 Å². The smallest absolute Gasteiger partial charge is 0.123 e. The molecule has 102 valence electrons. The maximum atomic E-state index is 5.74. The van der Waals surface area contributed by atoms with E-state index in [1.54, 1.807) is 7.11 Å². The van der Waals surface area contributed by atoms with E-state index in [2.05, 4.69) is 41.2 Å². The molecule has 0 saturated carbocycles. The van der Waals surface area contributed by atoms with Gasteiger partial charge in [0.1, 0.15) is 5.75 Å². The van der Waals surface area contributed by atoms with Gasteiger partial charge in [-0.3, -0.25) is 0 Å². The summed E-state index contributed by atoms with van der Waals surface area (Å²) >= 11 is 3.49. The molecule has 0 amide bonds. The number of hydrogen-bond donors (Lipinski definition) is 1. The Morgan fingerprint density at radius 2 is 2.17 bits per heavy atom. The van der Waals surface area contributed by atoms with E-state index in [4.69, 9.17) is 9.47 Å². The molecule has 3 nitrogen and oxygen atoms in total. The Morgan fingerprint density at radius 3 is 2.83 bits per heavy atom. The summed E-state index contributed by atoms with van der Waals surface area (Å²) in [5.41, 5.74) is 1.17. The third-order valence-corrected chi connectivity index (χ3v) is 3.04. The lowest BCUT2D eigenvalue weighted by atomic mass is 10.2. The van der Waals surface area contributed by atoms with Crippen molar-refractivity contribution in [1.29, 1.82) is 0 Å². The van der Waals surface area contributed by atoms with Crippen LogP contribution in [0.3, 0.4) is 0 Å². The van der Waals surface area contributed by atoms with E-state index in [-0.39, 0.29) is 0 Å². The van der Waals surface area contributed by atoms with Crippen LogP contribution in [0.1, 0.15) is 25.8 Å². The molecule has 0 fully saturated rings. The van der Waals surface area contributed by atoms with E-state index >= 15 is 0 Å². The van der Waals surface area contributed by atoms with Gasteiger partial charge in [-0.2, -0.15) is 0 Å². The maximum Gasteiger partial charge on any atom is 0.123 e. The molecule has 0 aliphatic carbocycles. The number of methoxy groups -OCH3 is 1. The molecule has 1 aromatic rings. The highest BCUT2D eigenvalue weighted by atomic mass is 79.9. The molecule has 0 aromatic heterocycles. The highest BCUT2D eigenvalue weighted by Gasteiger charge is 2.07. The highest BCUT2D eigenvalue weighted by Crippen LogP contribution is 2.23. The number of ether oxygens (including phenoxy) is 2. The topological polar surface area (TPSA) is 30.5 Å². The van der Waals surface area contributed by atoms with Crippen LogP contribution in [0.5, 0.6) is 5.75 Å². The fourth-order valence-electron chi connectivity index (χ4n) is 1.63. The lowest BCUT2D eigenvalue weighted by Gasteiger charge is -2.15. The van der Waals surface area contributed by atoms with Crippen LogP contribution in [0.15, 0.2) is 22.7 Å². The molecule has 0 spiro atoms. The second-order valence-corrected chi connectivity index (χ2v) is 5.25. The third-order valence-electron chi connectivity index (χ3n) is 2.54. The minimum Gasteiger partial charge on any atom is -0.493 e. The molecule has 0 bridgehead atoms. The van der Waals surface area contributed by atoms with Crippen molar-refractivity contribution in [2.24, 2.45) is 0 Å². The monoisotopic (exact) mass is 315 g/mol. The van der Waals surface area contributed by atoms with Crippen molar-refractivity contribution in [3.05, 3.63) is 28.2 Å². The molecule has 0 saturated heterocycles. The minimum absolute atomic E-state index is 0.327. The van der Waals surface area contributed by atoms with Crippen molar-refractivity contribution in [2.45, 2.75) is 32.9 Å². The maximum absolute atomic E-state index is 5.74. The van der Waals surface area contributed by atoms with E-state index in [0.717, 1.165) is 29.8 Å². The van der Waals surface area contributed by atoms with Gasteiger partial charge in [-0.15, -0.1) is 0 Å². The first kappa shape index (κ1) is 15.5. The van der Waals surface area contributed by atoms with Gasteiger partial charge in [0.25, 0.3) is 0 Å². The number of benzene rings is 1. The number of hydrogen-bond acceptors (Lipinski definition) is 3. The predicted molar refractivity (Wildman–Crippen MR) is 78.1 cm³/mol. The van der Waals surface area contributed by atoms with Gasteiger partial charge in [-0.25, -0.2) is 0 Å². The summed E-state index contributed by atoms with van der Waals surface area (Å²) in [6.07, 6.45) is 1.02. The molecule has 1 rings (SSSR count). The zero-order chi connectivity index (χ0) is 13.4. The number of nitrogens with one attached hydrogen (secondary N) is 1. The van der Waals surface area contributed by atoms with Crippen LogP contribution in [0.4, 0.5) is 0 Å². The van der Waals surface area contributed by atoms with Crippen LogP contribution in [-0.2, 0) is 11.3 Å². The predicted octanol–water partition coefficient (Wildman–Crippen LogP) is 3.36. The minimum atomic E-state index is 0.327. The van der Waals surface area contributed by atoms with Gasteiger partial charge in [-0.05, 0) is 31.5 Å². The first-order valence-electron chi connectivity index (χ1n) is 6.31. The Labute approximate surface area is 118 Å². The second-order valence-electron chi connectivity index (χ2n) is 4.34. The fourth-order valence-corrected chi connectivity index (χ4v) is 2.04. The lowest BCUT2D eigenvalue weighted by Crippen LogP contribution is -2.29. The first-order valence-corrected chi connectivity index (χ1v) is 7.10. The Balaban J connectivity index is 2.63. The van der Waals surface area contributed by atoms with Crippen LogP contribution in [0.2, 0.25) is 0 Å². The van der Waals surface area contributed by atoms with E-state index in [9.17, 15) is 0 Å². The molecule has 18 heavy (non-hydrogen) atoms. The first-order chi connectivity index (χ1) is 8.67. The molecule has 0 aliphatic heterocycles. The van der Waals surface area contributed by atoms with Crippen molar-refractivity contribution in [1.82, 2.24) is 5.32 Å². The van der Waals surface area contributed by atoms with Crippen LogP contribution in [-0.4, -0.2) is 26.4 Å². The molecule has 1 aromatic carbocycles. The summed E-state index contributed by atoms with van der Waals surface area (Å²) in [5.74, 6) is 0.956. The molecule has 0 aliphatic rings. The zero-order valence-corrected chi connectivity index (χ0v) is 12.9. The summed E-state index contributed by atoms with van der Waals surface area (Å²) in [6.45, 7) is 6.45. The normalized spacial score (nSPS) is 12.4. The summed E-state index contributed by atoms with van der Waals surface area (Å²) in [5, 5.41) is 3.42. The molecule has 1 N–H and O–H groups in total. The van der Waals surface area contributed by atoms with Gasteiger partial charge in [-0.1, -0.05) is 22.9 Å². The van der Waals surface area contributed by atoms with Crippen molar-refractivity contribution >= 4 is 15.9 Å². The average Bonchev–Trinajstić information content (AvgIpc) is 2.35. The largest absolute Gasteiger partial charge is 0.493 e. The molecular weight excluding hydrogens is 294 g/mol. The third kappa shape index (κ3) is 5.38. The van der Waals surface area contributed by atoms with Crippen LogP contribution in [0, 0.1) is 0 Å². The Hall–Kier alpha value is -0.580. The van der Waals surface area contributed by atoms with Crippen molar-refractivity contribution < 1.29 is 9.47 Å². The summed E-state index contributed by atoms with van der Waals surface area (Å²) in [6, 6.07) is 6.44.